The number of hydrogen-bond acceptors (Lipinski definition) is 10. The summed E-state index contributed by atoms with van der Waals surface area (Å²) < 4.78 is 36.7. The fraction of sp³-hybridized carbons (Fsp3) is 0.241. The van der Waals surface area contributed by atoms with E-state index in [1.165, 1.54) is 18.5 Å². The number of aromatic nitrogens is 7. The molecular formula is C54H53F2N11O3. The number of piperazine rings is 2. The lowest BCUT2D eigenvalue weighted by molar-refractivity contribution is -0.131. The van der Waals surface area contributed by atoms with Gasteiger partial charge in [-0.25, -0.2) is 33.7 Å². The zero-order valence-corrected chi connectivity index (χ0v) is 39.3. The van der Waals surface area contributed by atoms with Gasteiger partial charge in [0.2, 0.25) is 17.7 Å². The number of methoxy groups -OCH3 is 1. The molecule has 0 unspecified atom stereocenters. The highest BCUT2D eigenvalue weighted by molar-refractivity contribution is 5.80. The Morgan fingerprint density at radius 3 is 1.46 bits per heavy atom. The van der Waals surface area contributed by atoms with Crippen LogP contribution < -0.4 is 14.5 Å². The number of ether oxygens (including phenoxy) is 1. The van der Waals surface area contributed by atoms with E-state index in [2.05, 4.69) is 24.8 Å². The van der Waals surface area contributed by atoms with E-state index in [9.17, 15) is 18.4 Å². The highest BCUT2D eigenvalue weighted by Gasteiger charge is 2.26. The summed E-state index contributed by atoms with van der Waals surface area (Å²) in [7, 11) is 1.57. The summed E-state index contributed by atoms with van der Waals surface area (Å²) in [5.74, 6) is 3.11. The molecular weight excluding hydrogens is 889 g/mol. The highest BCUT2D eigenvalue weighted by Crippen LogP contribution is 2.27. The maximum absolute atomic E-state index is 13.8. The van der Waals surface area contributed by atoms with Crippen LogP contribution in [0.25, 0.3) is 33.9 Å². The van der Waals surface area contributed by atoms with Crippen LogP contribution in [0.3, 0.4) is 0 Å². The molecule has 0 N–H and O–H groups in total. The van der Waals surface area contributed by atoms with Crippen LogP contribution in [0.2, 0.25) is 0 Å². The van der Waals surface area contributed by atoms with Crippen LogP contribution >= 0.6 is 0 Å². The van der Waals surface area contributed by atoms with Crippen LogP contribution in [0.15, 0.2) is 146 Å². The van der Waals surface area contributed by atoms with Gasteiger partial charge in [0.15, 0.2) is 0 Å². The lowest BCUT2D eigenvalue weighted by Crippen LogP contribution is -2.49. The molecule has 0 spiro atoms. The van der Waals surface area contributed by atoms with E-state index < -0.39 is 0 Å². The SMILES string of the molecule is COc1cc(N2CCN(C(=O)Cc3nc(-c4ccc(F)c(C)c4)cn3-c3ccccc3)CC2)ncn1.Cc1cc(-c2cn(-c3ccccc3)c(CC(=O)N3CCN(c4ccccn4)CC3)n2)ccc1F. The Morgan fingerprint density at radius 1 is 0.543 bits per heavy atom. The van der Waals surface area contributed by atoms with Crippen molar-refractivity contribution in [3.63, 3.8) is 0 Å². The Hall–Kier alpha value is -8.27. The number of carbonyl (C=O) groups excluding carboxylic acids is 2. The van der Waals surface area contributed by atoms with Crippen LogP contribution in [0.1, 0.15) is 22.8 Å². The summed E-state index contributed by atoms with van der Waals surface area (Å²) in [4.78, 5) is 57.0. The van der Waals surface area contributed by atoms with Gasteiger partial charge in [0.1, 0.15) is 41.2 Å². The molecule has 0 radical (unpaired) electrons. The van der Waals surface area contributed by atoms with Gasteiger partial charge in [0.05, 0.1) is 31.3 Å². The molecule has 0 saturated carbocycles. The summed E-state index contributed by atoms with van der Waals surface area (Å²) in [5.41, 5.74) is 6.02. The quantitative estimate of drug-likeness (QED) is 0.126. The molecule has 2 aliphatic heterocycles. The summed E-state index contributed by atoms with van der Waals surface area (Å²) in [6.45, 7) is 8.75. The predicted octanol–water partition coefficient (Wildman–Crippen LogP) is 7.95. The Morgan fingerprint density at radius 2 is 1.01 bits per heavy atom. The molecule has 356 valence electrons. The Kier molecular flexibility index (Phi) is 14.3. The highest BCUT2D eigenvalue weighted by atomic mass is 19.1. The average Bonchev–Trinajstić information content (AvgIpc) is 4.03. The molecule has 70 heavy (non-hydrogen) atoms. The number of aryl methyl sites for hydroxylation is 2. The molecule has 0 atom stereocenters. The lowest BCUT2D eigenvalue weighted by atomic mass is 10.1. The second kappa shape index (κ2) is 21.4. The molecule has 2 aliphatic rings. The van der Waals surface area contributed by atoms with Crippen molar-refractivity contribution in [3.05, 3.63) is 181 Å². The molecule has 0 bridgehead atoms. The first-order valence-corrected chi connectivity index (χ1v) is 23.2. The van der Waals surface area contributed by atoms with Gasteiger partial charge >= 0.3 is 0 Å². The van der Waals surface area contributed by atoms with Gasteiger partial charge < -0.3 is 33.5 Å². The van der Waals surface area contributed by atoms with Crippen molar-refractivity contribution in [2.75, 3.05) is 69.3 Å². The minimum Gasteiger partial charge on any atom is -0.481 e. The van der Waals surface area contributed by atoms with E-state index >= 15 is 0 Å². The van der Waals surface area contributed by atoms with Crippen LogP contribution in [0.4, 0.5) is 20.4 Å². The first kappa shape index (κ1) is 46.8. The number of anilines is 2. The summed E-state index contributed by atoms with van der Waals surface area (Å²) in [5, 5.41) is 0. The van der Waals surface area contributed by atoms with E-state index in [1.54, 1.807) is 57.5 Å². The van der Waals surface area contributed by atoms with E-state index in [4.69, 9.17) is 14.7 Å². The Balaban J connectivity index is 0.000000174. The monoisotopic (exact) mass is 941 g/mol. The number of amides is 2. The second-order valence-corrected chi connectivity index (χ2v) is 17.1. The molecule has 4 aromatic carbocycles. The van der Waals surface area contributed by atoms with Gasteiger partial charge in [-0.15, -0.1) is 0 Å². The number of nitrogens with zero attached hydrogens (tertiary/aromatic N) is 11. The van der Waals surface area contributed by atoms with E-state index in [-0.39, 0.29) is 36.3 Å². The third-order valence-electron chi connectivity index (χ3n) is 12.6. The molecule has 2 fully saturated rings. The molecule has 2 amide bonds. The standard InChI is InChI=1S/C27H27FN6O2.C27H26FN5O/c1-19-14-20(8-9-22(19)28)23-17-34(21-6-4-3-5-7-21)25(31-23)16-27(35)33-12-10-32(11-13-33)24-15-26(36-2)30-18-29-24;1-20-17-21(10-11-23(20)28)24-19-33(22-7-3-2-4-8-22)26(30-24)18-27(34)32-15-13-31(14-16-32)25-9-5-6-12-29-25/h3-9,14-15,17-18H,10-13,16H2,1-2H3;2-12,17,19H,13-16,18H2,1H3. The van der Waals surface area contributed by atoms with Crippen LogP contribution in [0.5, 0.6) is 5.88 Å². The zero-order valence-electron chi connectivity index (χ0n) is 39.3. The molecule has 16 heteroatoms. The second-order valence-electron chi connectivity index (χ2n) is 17.1. The van der Waals surface area contributed by atoms with Crippen molar-refractivity contribution < 1.29 is 23.1 Å². The minimum atomic E-state index is -0.254. The molecule has 8 aromatic rings. The van der Waals surface area contributed by atoms with E-state index in [1.807, 2.05) is 110 Å². The van der Waals surface area contributed by atoms with Crippen molar-refractivity contribution >= 4 is 23.5 Å². The lowest BCUT2D eigenvalue weighted by Gasteiger charge is -2.35. The number of para-hydroxylation sites is 2. The van der Waals surface area contributed by atoms with Crippen LogP contribution in [0, 0.1) is 25.5 Å². The first-order chi connectivity index (χ1) is 34.1. The molecule has 14 nitrogen and oxygen atoms in total. The average molecular weight is 942 g/mol. The van der Waals surface area contributed by atoms with Gasteiger partial charge in [-0.1, -0.05) is 42.5 Å². The minimum absolute atomic E-state index is 0.0135. The maximum Gasteiger partial charge on any atom is 0.230 e. The number of hydrogen-bond donors (Lipinski definition) is 0. The summed E-state index contributed by atoms with van der Waals surface area (Å²) in [6, 6.07) is 37.2. The summed E-state index contributed by atoms with van der Waals surface area (Å²) >= 11 is 0. The van der Waals surface area contributed by atoms with Gasteiger partial charge in [-0.05, 0) is 97.8 Å². The van der Waals surface area contributed by atoms with E-state index in [0.29, 0.717) is 73.6 Å². The van der Waals surface area contributed by atoms with Crippen molar-refractivity contribution in [3.8, 4) is 39.8 Å². The Labute approximate surface area is 405 Å². The topological polar surface area (TPSA) is 131 Å². The first-order valence-electron chi connectivity index (χ1n) is 23.2. The number of rotatable bonds is 11. The molecule has 2 saturated heterocycles. The third-order valence-corrected chi connectivity index (χ3v) is 12.6. The number of carbonyl (C=O) groups is 2. The number of benzene rings is 4. The van der Waals surface area contributed by atoms with Crippen molar-refractivity contribution in [1.29, 1.82) is 0 Å². The fourth-order valence-corrected chi connectivity index (χ4v) is 8.62. The van der Waals surface area contributed by atoms with E-state index in [0.717, 1.165) is 52.9 Å². The zero-order chi connectivity index (χ0) is 48.6. The molecule has 4 aromatic heterocycles. The molecule has 10 rings (SSSR count). The molecule has 6 heterocycles. The number of imidazole rings is 2. The smallest absolute Gasteiger partial charge is 0.230 e. The van der Waals surface area contributed by atoms with Gasteiger partial charge in [0, 0.05) is 99.5 Å². The summed E-state index contributed by atoms with van der Waals surface area (Å²) in [6.07, 6.45) is 7.45. The van der Waals surface area contributed by atoms with Gasteiger partial charge in [-0.2, -0.15) is 0 Å². The van der Waals surface area contributed by atoms with Gasteiger partial charge in [0.25, 0.3) is 0 Å². The number of halogens is 2. The van der Waals surface area contributed by atoms with Crippen molar-refractivity contribution in [2.45, 2.75) is 26.7 Å². The molecule has 0 aliphatic carbocycles. The van der Waals surface area contributed by atoms with Crippen molar-refractivity contribution in [1.82, 2.24) is 43.9 Å². The van der Waals surface area contributed by atoms with Crippen LogP contribution in [-0.4, -0.2) is 115 Å². The Bertz CT molecular complexity index is 3060. The fourth-order valence-electron chi connectivity index (χ4n) is 8.62. The van der Waals surface area contributed by atoms with Gasteiger partial charge in [-0.3, -0.25) is 9.59 Å². The van der Waals surface area contributed by atoms with Crippen LogP contribution in [-0.2, 0) is 22.4 Å². The third kappa shape index (κ3) is 10.9. The predicted molar refractivity (Wildman–Crippen MR) is 265 cm³/mol. The largest absolute Gasteiger partial charge is 0.481 e. The van der Waals surface area contributed by atoms with Crippen molar-refractivity contribution in [2.24, 2.45) is 0 Å². The maximum atomic E-state index is 13.8. The normalized spacial score (nSPS) is 13.7. The number of pyridine rings is 1.